The van der Waals surface area contributed by atoms with Gasteiger partial charge in [-0.15, -0.1) is 0 Å². The van der Waals surface area contributed by atoms with Gasteiger partial charge in [-0.1, -0.05) is 30.7 Å². The molecule has 2 aromatic rings. The van der Waals surface area contributed by atoms with E-state index in [1.54, 1.807) is 6.07 Å². The molecule has 0 saturated heterocycles. The molecule has 0 N–H and O–H groups in total. The summed E-state index contributed by atoms with van der Waals surface area (Å²) in [4.78, 5) is 4.46. The summed E-state index contributed by atoms with van der Waals surface area (Å²) >= 11 is 0. The molecule has 0 spiro atoms. The Morgan fingerprint density at radius 2 is 2.04 bits per heavy atom. The van der Waals surface area contributed by atoms with Crippen molar-refractivity contribution in [3.8, 4) is 17.7 Å². The number of ether oxygens (including phenoxy) is 2. The van der Waals surface area contributed by atoms with Crippen molar-refractivity contribution in [1.82, 2.24) is 4.98 Å². The van der Waals surface area contributed by atoms with Crippen molar-refractivity contribution in [2.75, 3.05) is 0 Å². The fourth-order valence-corrected chi connectivity index (χ4v) is 3.51. The number of hydrogen-bond acceptors (Lipinski definition) is 4. The molecule has 2 aliphatic rings. The highest BCUT2D eigenvalue weighted by molar-refractivity contribution is 5.28. The molecule has 0 bridgehead atoms. The molecule has 4 heteroatoms. The standard InChI is InChI=1S/C19H18N2O2/c20-13-17(23-19-11-5-6-14(19)12-19)16-9-4-10-18(21-16)22-15-7-2-1-3-8-15/h1-4,7-10,14,17H,5-6,11-12H2. The van der Waals surface area contributed by atoms with Gasteiger partial charge in [-0.05, 0) is 43.4 Å². The Balaban J connectivity index is 1.51. The Morgan fingerprint density at radius 1 is 1.17 bits per heavy atom. The number of aromatic nitrogens is 1. The fraction of sp³-hybridized carbons (Fsp3) is 0.368. The summed E-state index contributed by atoms with van der Waals surface area (Å²) < 4.78 is 11.9. The molecule has 2 fully saturated rings. The second kappa shape index (κ2) is 5.68. The van der Waals surface area contributed by atoms with Crippen LogP contribution in [0.1, 0.15) is 37.5 Å². The second-order valence-electron chi connectivity index (χ2n) is 6.30. The topological polar surface area (TPSA) is 55.1 Å². The molecule has 2 saturated carbocycles. The third kappa shape index (κ3) is 2.80. The average Bonchev–Trinajstić information content (AvgIpc) is 3.13. The zero-order chi connectivity index (χ0) is 15.7. The molecule has 23 heavy (non-hydrogen) atoms. The number of fused-ring (bicyclic) bond motifs is 1. The van der Waals surface area contributed by atoms with Crippen LogP contribution in [0.2, 0.25) is 0 Å². The highest BCUT2D eigenvalue weighted by atomic mass is 16.5. The number of nitriles is 1. The van der Waals surface area contributed by atoms with Gasteiger partial charge in [0, 0.05) is 6.07 Å². The van der Waals surface area contributed by atoms with E-state index in [2.05, 4.69) is 11.1 Å². The van der Waals surface area contributed by atoms with Crippen LogP contribution < -0.4 is 4.74 Å². The van der Waals surface area contributed by atoms with Crippen molar-refractivity contribution in [3.05, 3.63) is 54.2 Å². The van der Waals surface area contributed by atoms with Crippen LogP contribution in [0.4, 0.5) is 0 Å². The summed E-state index contributed by atoms with van der Waals surface area (Å²) in [5, 5.41) is 9.50. The first kappa shape index (κ1) is 14.2. The summed E-state index contributed by atoms with van der Waals surface area (Å²) in [5.41, 5.74) is 0.561. The number of pyridine rings is 1. The summed E-state index contributed by atoms with van der Waals surface area (Å²) in [6.45, 7) is 0. The van der Waals surface area contributed by atoms with Gasteiger partial charge in [-0.2, -0.15) is 5.26 Å². The van der Waals surface area contributed by atoms with E-state index in [9.17, 15) is 5.26 Å². The summed E-state index contributed by atoms with van der Waals surface area (Å²) in [6.07, 6.45) is 3.95. The summed E-state index contributed by atoms with van der Waals surface area (Å²) in [7, 11) is 0. The molecular weight excluding hydrogens is 288 g/mol. The van der Waals surface area contributed by atoms with Crippen molar-refractivity contribution in [2.24, 2.45) is 5.92 Å². The Morgan fingerprint density at radius 3 is 2.74 bits per heavy atom. The lowest BCUT2D eigenvalue weighted by atomic mass is 10.2. The van der Waals surface area contributed by atoms with E-state index in [1.165, 1.54) is 12.8 Å². The highest BCUT2D eigenvalue weighted by Crippen LogP contribution is 2.59. The Hall–Kier alpha value is -2.38. The second-order valence-corrected chi connectivity index (χ2v) is 6.30. The molecule has 3 unspecified atom stereocenters. The van der Waals surface area contributed by atoms with E-state index in [4.69, 9.17) is 9.47 Å². The predicted molar refractivity (Wildman–Crippen MR) is 84.9 cm³/mol. The Labute approximate surface area is 135 Å². The van der Waals surface area contributed by atoms with Crippen LogP contribution in [-0.2, 0) is 4.74 Å². The largest absolute Gasteiger partial charge is 0.439 e. The first-order chi connectivity index (χ1) is 11.3. The lowest BCUT2D eigenvalue weighted by molar-refractivity contribution is -0.0102. The first-order valence-electron chi connectivity index (χ1n) is 8.06. The van der Waals surface area contributed by atoms with Crippen LogP contribution in [-0.4, -0.2) is 10.6 Å². The van der Waals surface area contributed by atoms with Gasteiger partial charge in [-0.3, -0.25) is 0 Å². The molecule has 2 aliphatic carbocycles. The molecule has 0 radical (unpaired) electrons. The number of benzene rings is 1. The van der Waals surface area contributed by atoms with E-state index in [0.29, 0.717) is 17.5 Å². The molecule has 0 amide bonds. The molecular formula is C19H18N2O2. The van der Waals surface area contributed by atoms with E-state index in [1.807, 2.05) is 42.5 Å². The van der Waals surface area contributed by atoms with Gasteiger partial charge >= 0.3 is 0 Å². The lowest BCUT2D eigenvalue weighted by Crippen LogP contribution is -2.18. The van der Waals surface area contributed by atoms with Crippen LogP contribution in [0, 0.1) is 17.2 Å². The summed E-state index contributed by atoms with van der Waals surface area (Å²) in [5.74, 6) is 1.85. The highest BCUT2D eigenvalue weighted by Gasteiger charge is 2.59. The van der Waals surface area contributed by atoms with E-state index in [-0.39, 0.29) is 5.60 Å². The van der Waals surface area contributed by atoms with Crippen molar-refractivity contribution >= 4 is 0 Å². The maximum atomic E-state index is 9.50. The molecule has 1 aromatic heterocycles. The number of hydrogen-bond donors (Lipinski definition) is 0. The van der Waals surface area contributed by atoms with Crippen LogP contribution in [0.15, 0.2) is 48.5 Å². The Bertz CT molecular complexity index is 741. The number of para-hydroxylation sites is 1. The van der Waals surface area contributed by atoms with Gasteiger partial charge in [-0.25, -0.2) is 4.98 Å². The van der Waals surface area contributed by atoms with E-state index < -0.39 is 6.10 Å². The van der Waals surface area contributed by atoms with Crippen LogP contribution in [0.25, 0.3) is 0 Å². The SMILES string of the molecule is N#CC(OC12CCCC1C2)c1cccc(Oc2ccccc2)n1. The van der Waals surface area contributed by atoms with Crippen LogP contribution in [0.3, 0.4) is 0 Å². The molecule has 1 aromatic carbocycles. The van der Waals surface area contributed by atoms with E-state index in [0.717, 1.165) is 18.6 Å². The fourth-order valence-electron chi connectivity index (χ4n) is 3.51. The molecule has 116 valence electrons. The quantitative estimate of drug-likeness (QED) is 0.821. The maximum Gasteiger partial charge on any atom is 0.219 e. The zero-order valence-electron chi connectivity index (χ0n) is 12.8. The molecule has 0 aliphatic heterocycles. The smallest absolute Gasteiger partial charge is 0.219 e. The Kier molecular flexibility index (Phi) is 3.51. The minimum atomic E-state index is -0.627. The molecule has 4 nitrogen and oxygen atoms in total. The van der Waals surface area contributed by atoms with Gasteiger partial charge in [0.2, 0.25) is 5.88 Å². The minimum Gasteiger partial charge on any atom is -0.439 e. The van der Waals surface area contributed by atoms with Gasteiger partial charge in [0.05, 0.1) is 11.3 Å². The minimum absolute atomic E-state index is 0.0572. The van der Waals surface area contributed by atoms with Crippen LogP contribution in [0.5, 0.6) is 11.6 Å². The lowest BCUT2D eigenvalue weighted by Gasteiger charge is -2.18. The van der Waals surface area contributed by atoms with Crippen LogP contribution >= 0.6 is 0 Å². The first-order valence-corrected chi connectivity index (χ1v) is 8.06. The zero-order valence-corrected chi connectivity index (χ0v) is 12.8. The summed E-state index contributed by atoms with van der Waals surface area (Å²) in [6, 6.07) is 17.2. The van der Waals surface area contributed by atoms with Crippen molar-refractivity contribution in [3.63, 3.8) is 0 Å². The molecule has 3 atom stereocenters. The third-order valence-electron chi connectivity index (χ3n) is 4.78. The van der Waals surface area contributed by atoms with Crippen molar-refractivity contribution in [1.29, 1.82) is 5.26 Å². The normalized spacial score (nSPS) is 26.1. The van der Waals surface area contributed by atoms with Crippen molar-refractivity contribution < 1.29 is 9.47 Å². The van der Waals surface area contributed by atoms with Crippen molar-refractivity contribution in [2.45, 2.75) is 37.4 Å². The maximum absolute atomic E-state index is 9.50. The number of nitrogens with zero attached hydrogens (tertiary/aromatic N) is 2. The predicted octanol–water partition coefficient (Wildman–Crippen LogP) is 4.40. The third-order valence-corrected chi connectivity index (χ3v) is 4.78. The monoisotopic (exact) mass is 306 g/mol. The van der Waals surface area contributed by atoms with Gasteiger partial charge < -0.3 is 9.47 Å². The molecule has 1 heterocycles. The van der Waals surface area contributed by atoms with E-state index >= 15 is 0 Å². The molecule has 4 rings (SSSR count). The van der Waals surface area contributed by atoms with Gasteiger partial charge in [0.25, 0.3) is 0 Å². The number of rotatable bonds is 5. The van der Waals surface area contributed by atoms with Gasteiger partial charge in [0.15, 0.2) is 6.10 Å². The average molecular weight is 306 g/mol. The van der Waals surface area contributed by atoms with Gasteiger partial charge in [0.1, 0.15) is 11.8 Å².